The molecule has 0 saturated carbocycles. The van der Waals surface area contributed by atoms with Crippen LogP contribution in [0.25, 0.3) is 0 Å². The number of carbonyl (C=O) groups is 1. The van der Waals surface area contributed by atoms with Gasteiger partial charge in [0, 0.05) is 18.0 Å². The first-order chi connectivity index (χ1) is 11.1. The molecule has 1 atom stereocenters. The predicted octanol–water partition coefficient (Wildman–Crippen LogP) is 2.30. The molecule has 0 aliphatic carbocycles. The van der Waals surface area contributed by atoms with Gasteiger partial charge in [0.15, 0.2) is 0 Å². The number of nitrogens with zero attached hydrogens (tertiary/aromatic N) is 2. The number of methoxy groups -OCH3 is 1. The van der Waals surface area contributed by atoms with E-state index in [4.69, 9.17) is 4.74 Å². The third kappa shape index (κ3) is 4.95. The van der Waals surface area contributed by atoms with E-state index >= 15 is 0 Å². The topological polar surface area (TPSA) is 76.1 Å². The number of ether oxygens (including phenoxy) is 1. The fraction of sp³-hybridized carbons (Fsp3) is 0.353. The van der Waals surface area contributed by atoms with Gasteiger partial charge in [0.05, 0.1) is 31.2 Å². The van der Waals surface area contributed by atoms with E-state index in [1.165, 1.54) is 0 Å². The molecule has 0 saturated heterocycles. The summed E-state index contributed by atoms with van der Waals surface area (Å²) in [7, 11) is 1.62. The molecule has 6 nitrogen and oxygen atoms in total. The molecule has 2 rings (SSSR count). The maximum absolute atomic E-state index is 12.3. The molecule has 1 aromatic carbocycles. The van der Waals surface area contributed by atoms with E-state index in [-0.39, 0.29) is 11.9 Å². The molecule has 1 aromatic heterocycles. The minimum atomic E-state index is -0.319. The summed E-state index contributed by atoms with van der Waals surface area (Å²) >= 11 is 0. The van der Waals surface area contributed by atoms with Crippen molar-refractivity contribution >= 4 is 11.6 Å². The lowest BCUT2D eigenvalue weighted by atomic mass is 10.2. The van der Waals surface area contributed by atoms with E-state index in [9.17, 15) is 4.79 Å². The highest BCUT2D eigenvalue weighted by Gasteiger charge is 2.16. The van der Waals surface area contributed by atoms with Crippen LogP contribution in [0.2, 0.25) is 0 Å². The number of nitrogens with one attached hydrogen (secondary N) is 2. The summed E-state index contributed by atoms with van der Waals surface area (Å²) in [4.78, 5) is 20.7. The number of anilines is 1. The zero-order valence-corrected chi connectivity index (χ0v) is 13.7. The largest absolute Gasteiger partial charge is 0.497 e. The van der Waals surface area contributed by atoms with Gasteiger partial charge in [-0.25, -0.2) is 0 Å². The summed E-state index contributed by atoms with van der Waals surface area (Å²) in [5, 5.41) is 6.10. The lowest BCUT2D eigenvalue weighted by Gasteiger charge is -2.18. The molecule has 0 radical (unpaired) electrons. The molecule has 0 fully saturated rings. The van der Waals surface area contributed by atoms with Crippen LogP contribution in [0.1, 0.15) is 24.7 Å². The Hall–Kier alpha value is -2.63. The van der Waals surface area contributed by atoms with Crippen LogP contribution in [-0.4, -0.2) is 29.0 Å². The lowest BCUT2D eigenvalue weighted by molar-refractivity contribution is -0.122. The Morgan fingerprint density at radius 2 is 2.13 bits per heavy atom. The quantitative estimate of drug-likeness (QED) is 0.820. The van der Waals surface area contributed by atoms with Crippen LogP contribution >= 0.6 is 0 Å². The highest BCUT2D eigenvalue weighted by molar-refractivity contribution is 5.84. The summed E-state index contributed by atoms with van der Waals surface area (Å²) < 4.78 is 5.19. The van der Waals surface area contributed by atoms with Crippen molar-refractivity contribution in [2.75, 3.05) is 12.4 Å². The molecule has 0 unspecified atom stereocenters. The van der Waals surface area contributed by atoms with Crippen molar-refractivity contribution in [1.29, 1.82) is 0 Å². The molecule has 6 heteroatoms. The normalized spacial score (nSPS) is 11.6. The molecule has 0 spiro atoms. The molecule has 2 aromatic rings. The Balaban J connectivity index is 1.93. The van der Waals surface area contributed by atoms with E-state index in [2.05, 4.69) is 20.6 Å². The molecule has 122 valence electrons. The Morgan fingerprint density at radius 1 is 1.30 bits per heavy atom. The fourth-order valence-corrected chi connectivity index (χ4v) is 2.08. The van der Waals surface area contributed by atoms with Crippen LogP contribution < -0.4 is 15.4 Å². The zero-order chi connectivity index (χ0) is 16.7. The van der Waals surface area contributed by atoms with E-state index in [1.54, 1.807) is 19.5 Å². The highest BCUT2D eigenvalue weighted by Crippen LogP contribution is 2.18. The van der Waals surface area contributed by atoms with E-state index in [0.29, 0.717) is 13.0 Å². The van der Waals surface area contributed by atoms with Gasteiger partial charge in [-0.2, -0.15) is 0 Å². The standard InChI is InChI=1S/C17H22N4O2/c1-4-16(21-13-6-5-7-15(8-13)23-3)17(22)20-11-14-10-18-12(2)9-19-14/h5-10,16,21H,4,11H2,1-3H3,(H,20,22)/t16-/m1/s1. The Labute approximate surface area is 136 Å². The highest BCUT2D eigenvalue weighted by atomic mass is 16.5. The maximum atomic E-state index is 12.3. The van der Waals surface area contributed by atoms with Gasteiger partial charge in [-0.15, -0.1) is 0 Å². The number of hydrogen-bond acceptors (Lipinski definition) is 5. The molecule has 1 heterocycles. The molecule has 0 aliphatic rings. The second-order valence-electron chi connectivity index (χ2n) is 5.20. The second kappa shape index (κ2) is 8.12. The number of amides is 1. The third-order valence-corrected chi connectivity index (χ3v) is 3.41. The average Bonchev–Trinajstić information content (AvgIpc) is 2.59. The Bertz CT molecular complexity index is 643. The SMILES string of the molecule is CC[C@@H](Nc1cccc(OC)c1)C(=O)NCc1cnc(C)cn1. The molecule has 0 bridgehead atoms. The van der Waals surface area contributed by atoms with Gasteiger partial charge >= 0.3 is 0 Å². The molecule has 1 amide bonds. The van der Waals surface area contributed by atoms with Crippen LogP contribution in [0.5, 0.6) is 5.75 Å². The van der Waals surface area contributed by atoms with Gasteiger partial charge in [-0.1, -0.05) is 13.0 Å². The number of rotatable bonds is 7. The van der Waals surface area contributed by atoms with Gasteiger partial charge in [0.2, 0.25) is 5.91 Å². The minimum absolute atomic E-state index is 0.0716. The monoisotopic (exact) mass is 314 g/mol. The Morgan fingerprint density at radius 3 is 2.78 bits per heavy atom. The van der Waals surface area contributed by atoms with Gasteiger partial charge in [-0.05, 0) is 25.5 Å². The van der Waals surface area contributed by atoms with E-state index in [1.807, 2.05) is 38.1 Å². The van der Waals surface area contributed by atoms with Crippen molar-refractivity contribution in [3.63, 3.8) is 0 Å². The second-order valence-corrected chi connectivity index (χ2v) is 5.20. The summed E-state index contributed by atoms with van der Waals surface area (Å²) in [6.07, 6.45) is 4.03. The number of benzene rings is 1. The summed E-state index contributed by atoms with van der Waals surface area (Å²) in [6, 6.07) is 7.20. The van der Waals surface area contributed by atoms with Crippen molar-refractivity contribution in [3.8, 4) is 5.75 Å². The average molecular weight is 314 g/mol. The number of carbonyl (C=O) groups excluding carboxylic acids is 1. The van der Waals surface area contributed by atoms with Crippen LogP contribution in [-0.2, 0) is 11.3 Å². The molecular formula is C17H22N4O2. The molecule has 23 heavy (non-hydrogen) atoms. The fourth-order valence-electron chi connectivity index (χ4n) is 2.08. The minimum Gasteiger partial charge on any atom is -0.497 e. The van der Waals surface area contributed by atoms with Crippen LogP contribution in [0.3, 0.4) is 0 Å². The summed E-state index contributed by atoms with van der Waals surface area (Å²) in [5.74, 6) is 0.679. The van der Waals surface area contributed by atoms with E-state index in [0.717, 1.165) is 22.8 Å². The summed E-state index contributed by atoms with van der Waals surface area (Å²) in [5.41, 5.74) is 2.44. The van der Waals surface area contributed by atoms with Crippen molar-refractivity contribution in [2.45, 2.75) is 32.9 Å². The van der Waals surface area contributed by atoms with Crippen LogP contribution in [0.15, 0.2) is 36.7 Å². The Kier molecular flexibility index (Phi) is 5.91. The number of hydrogen-bond donors (Lipinski definition) is 2. The van der Waals surface area contributed by atoms with Crippen molar-refractivity contribution in [2.24, 2.45) is 0 Å². The van der Waals surface area contributed by atoms with Gasteiger partial charge in [0.25, 0.3) is 0 Å². The van der Waals surface area contributed by atoms with Gasteiger partial charge < -0.3 is 15.4 Å². The van der Waals surface area contributed by atoms with Crippen LogP contribution in [0, 0.1) is 6.92 Å². The smallest absolute Gasteiger partial charge is 0.242 e. The van der Waals surface area contributed by atoms with Gasteiger partial charge in [0.1, 0.15) is 11.8 Å². The van der Waals surface area contributed by atoms with E-state index < -0.39 is 0 Å². The number of aromatic nitrogens is 2. The first-order valence-electron chi connectivity index (χ1n) is 7.58. The number of aryl methyl sites for hydroxylation is 1. The zero-order valence-electron chi connectivity index (χ0n) is 13.7. The van der Waals surface area contributed by atoms with Crippen molar-refractivity contribution < 1.29 is 9.53 Å². The first-order valence-corrected chi connectivity index (χ1v) is 7.58. The first kappa shape index (κ1) is 16.7. The molecule has 2 N–H and O–H groups in total. The van der Waals surface area contributed by atoms with Gasteiger partial charge in [-0.3, -0.25) is 14.8 Å². The molecule has 0 aliphatic heterocycles. The van der Waals surface area contributed by atoms with Crippen LogP contribution in [0.4, 0.5) is 5.69 Å². The summed E-state index contributed by atoms with van der Waals surface area (Å²) in [6.45, 7) is 4.20. The lowest BCUT2D eigenvalue weighted by Crippen LogP contribution is -2.39. The third-order valence-electron chi connectivity index (χ3n) is 3.41. The predicted molar refractivity (Wildman–Crippen MR) is 89.3 cm³/mol. The van der Waals surface area contributed by atoms with Crippen molar-refractivity contribution in [3.05, 3.63) is 48.0 Å². The molecular weight excluding hydrogens is 292 g/mol. The van der Waals surface area contributed by atoms with Crippen molar-refractivity contribution in [1.82, 2.24) is 15.3 Å². The maximum Gasteiger partial charge on any atom is 0.242 e.